The fourth-order valence-corrected chi connectivity index (χ4v) is 2.31. The van der Waals surface area contributed by atoms with E-state index in [0.717, 1.165) is 5.56 Å². The number of carbonyl (C=O) groups is 2. The van der Waals surface area contributed by atoms with E-state index in [1.165, 1.54) is 11.3 Å². The number of nitrogens with zero attached hydrogens (tertiary/aromatic N) is 1. The molecule has 2 amide bonds. The molecule has 1 aromatic carbocycles. The third-order valence-electron chi connectivity index (χ3n) is 2.72. The summed E-state index contributed by atoms with van der Waals surface area (Å²) in [5.41, 5.74) is 12.8. The van der Waals surface area contributed by atoms with Crippen LogP contribution >= 0.6 is 11.3 Å². The number of amides is 2. The Labute approximate surface area is 119 Å². The highest BCUT2D eigenvalue weighted by Gasteiger charge is 2.12. The molecule has 104 valence electrons. The van der Waals surface area contributed by atoms with E-state index in [-0.39, 0.29) is 5.91 Å². The summed E-state index contributed by atoms with van der Waals surface area (Å²) in [5, 5.41) is 5.10. The Morgan fingerprint density at radius 1 is 1.40 bits per heavy atom. The highest BCUT2D eigenvalue weighted by molar-refractivity contribution is 7.09. The van der Waals surface area contributed by atoms with Gasteiger partial charge in [-0.3, -0.25) is 9.59 Å². The minimum Gasteiger partial charge on any atom is -0.366 e. The first-order valence-corrected chi connectivity index (χ1v) is 6.75. The van der Waals surface area contributed by atoms with Gasteiger partial charge in [0.15, 0.2) is 0 Å². The average Bonchev–Trinajstić information content (AvgIpc) is 2.89. The van der Waals surface area contributed by atoms with Crippen LogP contribution in [-0.4, -0.2) is 16.8 Å². The van der Waals surface area contributed by atoms with Gasteiger partial charge in [0.1, 0.15) is 10.7 Å². The summed E-state index contributed by atoms with van der Waals surface area (Å²) in [7, 11) is 0. The van der Waals surface area contributed by atoms with Crippen LogP contribution in [-0.2, 0) is 6.54 Å². The molecule has 0 fully saturated rings. The standard InChI is InChI=1S/C13H14N4O2S/c1-7-4-8(12(15)18)2-3-9(7)17-13(19)10-6-20-11(5-14)16-10/h2-4,6H,5,14H2,1H3,(H2,15,18)(H,17,19). The fraction of sp³-hybridized carbons (Fsp3) is 0.154. The Hall–Kier alpha value is -2.25. The van der Waals surface area contributed by atoms with Crippen molar-refractivity contribution >= 4 is 28.8 Å². The summed E-state index contributed by atoms with van der Waals surface area (Å²) in [6, 6.07) is 4.84. The highest BCUT2D eigenvalue weighted by Crippen LogP contribution is 2.18. The zero-order chi connectivity index (χ0) is 14.7. The van der Waals surface area contributed by atoms with Crippen LogP contribution in [0.2, 0.25) is 0 Å². The van der Waals surface area contributed by atoms with E-state index in [2.05, 4.69) is 10.3 Å². The van der Waals surface area contributed by atoms with Crippen molar-refractivity contribution in [3.05, 3.63) is 45.4 Å². The minimum atomic E-state index is -0.502. The molecular weight excluding hydrogens is 276 g/mol. The number of nitrogens with two attached hydrogens (primary N) is 2. The number of nitrogens with one attached hydrogen (secondary N) is 1. The first-order chi connectivity index (χ1) is 9.51. The molecule has 2 aromatic rings. The second kappa shape index (κ2) is 5.81. The molecule has 0 unspecified atom stereocenters. The lowest BCUT2D eigenvalue weighted by atomic mass is 10.1. The van der Waals surface area contributed by atoms with Crippen LogP contribution in [0.25, 0.3) is 0 Å². The maximum absolute atomic E-state index is 12.0. The van der Waals surface area contributed by atoms with Crippen molar-refractivity contribution in [1.29, 1.82) is 0 Å². The number of thiazole rings is 1. The highest BCUT2D eigenvalue weighted by atomic mass is 32.1. The van der Waals surface area contributed by atoms with Crippen molar-refractivity contribution < 1.29 is 9.59 Å². The van der Waals surface area contributed by atoms with Crippen LogP contribution in [0.3, 0.4) is 0 Å². The van der Waals surface area contributed by atoms with Crippen LogP contribution in [0.15, 0.2) is 23.6 Å². The number of benzene rings is 1. The Bertz CT molecular complexity index is 666. The zero-order valence-corrected chi connectivity index (χ0v) is 11.7. The summed E-state index contributed by atoms with van der Waals surface area (Å²) >= 11 is 1.34. The van der Waals surface area contributed by atoms with E-state index in [1.54, 1.807) is 30.5 Å². The van der Waals surface area contributed by atoms with E-state index in [1.807, 2.05) is 0 Å². The average molecular weight is 290 g/mol. The fourth-order valence-electron chi connectivity index (χ4n) is 1.65. The predicted molar refractivity (Wildman–Crippen MR) is 77.7 cm³/mol. The van der Waals surface area contributed by atoms with E-state index in [4.69, 9.17) is 11.5 Å². The van der Waals surface area contributed by atoms with Crippen LogP contribution in [0.4, 0.5) is 5.69 Å². The molecule has 0 spiro atoms. The van der Waals surface area contributed by atoms with Gasteiger partial charge in [0.05, 0.1) is 0 Å². The van der Waals surface area contributed by atoms with Crippen LogP contribution in [0, 0.1) is 6.92 Å². The first-order valence-electron chi connectivity index (χ1n) is 5.87. The molecule has 1 heterocycles. The SMILES string of the molecule is Cc1cc(C(N)=O)ccc1NC(=O)c1csc(CN)n1. The lowest BCUT2D eigenvalue weighted by Crippen LogP contribution is -2.15. The Morgan fingerprint density at radius 2 is 2.15 bits per heavy atom. The molecule has 0 radical (unpaired) electrons. The number of anilines is 1. The monoisotopic (exact) mass is 290 g/mol. The lowest BCUT2D eigenvalue weighted by Gasteiger charge is -2.08. The van der Waals surface area contributed by atoms with E-state index >= 15 is 0 Å². The lowest BCUT2D eigenvalue weighted by molar-refractivity contribution is 0.0998. The van der Waals surface area contributed by atoms with Crippen molar-refractivity contribution in [2.45, 2.75) is 13.5 Å². The van der Waals surface area contributed by atoms with E-state index in [0.29, 0.717) is 28.5 Å². The molecule has 0 aliphatic rings. The van der Waals surface area contributed by atoms with Gasteiger partial charge >= 0.3 is 0 Å². The maximum atomic E-state index is 12.0. The number of primary amides is 1. The van der Waals surface area contributed by atoms with Crippen molar-refractivity contribution in [3.63, 3.8) is 0 Å². The van der Waals surface area contributed by atoms with Crippen molar-refractivity contribution in [2.24, 2.45) is 11.5 Å². The number of hydrogen-bond acceptors (Lipinski definition) is 5. The van der Waals surface area contributed by atoms with Gasteiger partial charge < -0.3 is 16.8 Å². The molecule has 0 aliphatic heterocycles. The number of rotatable bonds is 4. The number of aryl methyl sites for hydroxylation is 1. The molecular formula is C13H14N4O2S. The third kappa shape index (κ3) is 3.01. The zero-order valence-electron chi connectivity index (χ0n) is 10.8. The van der Waals surface area contributed by atoms with Gasteiger partial charge in [-0.15, -0.1) is 11.3 Å². The summed E-state index contributed by atoms with van der Waals surface area (Å²) in [6.07, 6.45) is 0. The largest absolute Gasteiger partial charge is 0.366 e. The molecule has 20 heavy (non-hydrogen) atoms. The summed E-state index contributed by atoms with van der Waals surface area (Å²) in [4.78, 5) is 27.2. The van der Waals surface area contributed by atoms with Crippen molar-refractivity contribution in [3.8, 4) is 0 Å². The Morgan fingerprint density at radius 3 is 2.70 bits per heavy atom. The minimum absolute atomic E-state index is 0.309. The smallest absolute Gasteiger partial charge is 0.275 e. The molecule has 0 atom stereocenters. The van der Waals surface area contributed by atoms with Crippen LogP contribution in [0.5, 0.6) is 0 Å². The molecule has 6 nitrogen and oxygen atoms in total. The molecule has 0 aliphatic carbocycles. The van der Waals surface area contributed by atoms with Gasteiger partial charge in [-0.2, -0.15) is 0 Å². The summed E-state index contributed by atoms with van der Waals surface area (Å²) < 4.78 is 0. The quantitative estimate of drug-likeness (QED) is 0.787. The maximum Gasteiger partial charge on any atom is 0.275 e. The van der Waals surface area contributed by atoms with Crippen molar-refractivity contribution in [1.82, 2.24) is 4.98 Å². The Balaban J connectivity index is 2.17. The second-order valence-corrected chi connectivity index (χ2v) is 5.12. The van der Waals surface area contributed by atoms with Crippen molar-refractivity contribution in [2.75, 3.05) is 5.32 Å². The van der Waals surface area contributed by atoms with Gasteiger partial charge in [-0.25, -0.2) is 4.98 Å². The van der Waals surface area contributed by atoms with Gasteiger partial charge in [0.2, 0.25) is 5.91 Å². The number of hydrogen-bond donors (Lipinski definition) is 3. The van der Waals surface area contributed by atoms with Gasteiger partial charge in [-0.05, 0) is 30.7 Å². The number of carbonyl (C=O) groups excluding carboxylic acids is 2. The third-order valence-corrected chi connectivity index (χ3v) is 3.59. The van der Waals surface area contributed by atoms with E-state index in [9.17, 15) is 9.59 Å². The molecule has 1 aromatic heterocycles. The molecule has 0 saturated carbocycles. The first kappa shape index (κ1) is 14.2. The molecule has 2 rings (SSSR count). The normalized spacial score (nSPS) is 10.3. The molecule has 0 saturated heterocycles. The Kier molecular flexibility index (Phi) is 4.11. The molecule has 7 heteroatoms. The van der Waals surface area contributed by atoms with Gasteiger partial charge in [-0.1, -0.05) is 0 Å². The van der Waals surface area contributed by atoms with Gasteiger partial charge in [0, 0.05) is 23.2 Å². The summed E-state index contributed by atoms with van der Waals surface area (Å²) in [6.45, 7) is 2.10. The van der Waals surface area contributed by atoms with Crippen LogP contribution < -0.4 is 16.8 Å². The van der Waals surface area contributed by atoms with Crippen LogP contribution in [0.1, 0.15) is 31.4 Å². The molecule has 0 bridgehead atoms. The topological polar surface area (TPSA) is 111 Å². The molecule has 5 N–H and O–H groups in total. The summed E-state index contributed by atoms with van der Waals surface area (Å²) in [5.74, 6) is -0.811. The number of aromatic nitrogens is 1. The van der Waals surface area contributed by atoms with E-state index < -0.39 is 5.91 Å². The predicted octanol–water partition coefficient (Wildman–Crippen LogP) is 1.26. The second-order valence-electron chi connectivity index (χ2n) is 4.18. The van der Waals surface area contributed by atoms with Gasteiger partial charge in [0.25, 0.3) is 5.91 Å².